The number of carbonyl (C=O) groups excluding carboxylic acids is 1. The van der Waals surface area contributed by atoms with E-state index in [2.05, 4.69) is 27.1 Å². The largest absolute Gasteiger partial charge is 0.384 e. The van der Waals surface area contributed by atoms with Gasteiger partial charge in [0.1, 0.15) is 12.3 Å². The molecule has 2 rings (SSSR count). The van der Waals surface area contributed by atoms with Crippen molar-refractivity contribution < 1.29 is 9.90 Å². The van der Waals surface area contributed by atoms with E-state index in [0.717, 1.165) is 12.0 Å². The van der Waals surface area contributed by atoms with E-state index in [1.807, 2.05) is 12.1 Å². The monoisotopic (exact) mass is 281 g/mol. The summed E-state index contributed by atoms with van der Waals surface area (Å²) >= 11 is 0. The van der Waals surface area contributed by atoms with Gasteiger partial charge in [-0.15, -0.1) is 0 Å². The number of aliphatic hydroxyl groups is 1. The van der Waals surface area contributed by atoms with Crippen LogP contribution < -0.4 is 5.32 Å². The third-order valence-electron chi connectivity index (χ3n) is 2.73. The molecule has 0 bridgehead atoms. The lowest BCUT2D eigenvalue weighted by Crippen LogP contribution is -2.26. The van der Waals surface area contributed by atoms with E-state index in [9.17, 15) is 4.79 Å². The van der Waals surface area contributed by atoms with Gasteiger partial charge < -0.3 is 10.4 Å². The first-order valence-electron chi connectivity index (χ1n) is 6.52. The van der Waals surface area contributed by atoms with Crippen molar-refractivity contribution in [1.29, 1.82) is 0 Å². The maximum absolute atomic E-state index is 11.9. The van der Waals surface area contributed by atoms with Gasteiger partial charge in [0.2, 0.25) is 0 Å². The predicted octanol–water partition coefficient (Wildman–Crippen LogP) is 0.793. The number of nitrogens with one attached hydrogen (secondary N) is 1. The van der Waals surface area contributed by atoms with Crippen LogP contribution in [0.4, 0.5) is 0 Å². The molecule has 2 aromatic rings. The first kappa shape index (κ1) is 14.7. The molecule has 0 aliphatic carbocycles. The van der Waals surface area contributed by atoms with E-state index in [1.54, 1.807) is 24.5 Å². The summed E-state index contributed by atoms with van der Waals surface area (Å²) in [6, 6.07) is 7.14. The van der Waals surface area contributed by atoms with E-state index in [1.165, 1.54) is 6.20 Å². The van der Waals surface area contributed by atoms with Gasteiger partial charge >= 0.3 is 0 Å². The Balaban J connectivity index is 1.85. The number of nitrogens with zero attached hydrogens (tertiary/aromatic N) is 2. The second kappa shape index (κ2) is 7.78. The molecule has 21 heavy (non-hydrogen) atoms. The molecule has 106 valence electrons. The number of aliphatic hydroxyl groups excluding tert-OH is 1. The van der Waals surface area contributed by atoms with E-state index < -0.39 is 0 Å². The molecule has 2 heterocycles. The molecule has 0 unspecified atom stereocenters. The molecule has 0 aliphatic rings. The van der Waals surface area contributed by atoms with Crippen LogP contribution in [0, 0.1) is 11.8 Å². The first-order valence-corrected chi connectivity index (χ1v) is 6.52. The maximum Gasteiger partial charge on any atom is 0.269 e. The van der Waals surface area contributed by atoms with Crippen molar-refractivity contribution in [2.45, 2.75) is 6.42 Å². The van der Waals surface area contributed by atoms with E-state index in [4.69, 9.17) is 5.11 Å². The summed E-state index contributed by atoms with van der Waals surface area (Å²) in [5.41, 5.74) is 2.08. The molecule has 0 saturated heterocycles. The molecule has 0 spiro atoms. The fourth-order valence-electron chi connectivity index (χ4n) is 1.70. The number of aromatic nitrogens is 2. The molecule has 5 heteroatoms. The molecule has 2 N–H and O–H groups in total. The minimum atomic E-state index is -0.222. The van der Waals surface area contributed by atoms with Crippen LogP contribution in [0.5, 0.6) is 0 Å². The third-order valence-corrected chi connectivity index (χ3v) is 2.73. The Morgan fingerprint density at radius 2 is 2.19 bits per heavy atom. The van der Waals surface area contributed by atoms with Crippen molar-refractivity contribution in [2.75, 3.05) is 13.2 Å². The Kier molecular flexibility index (Phi) is 5.44. The molecule has 2 aromatic heterocycles. The molecule has 1 amide bonds. The van der Waals surface area contributed by atoms with Crippen LogP contribution in [0.1, 0.15) is 21.6 Å². The zero-order valence-corrected chi connectivity index (χ0v) is 11.4. The van der Waals surface area contributed by atoms with Crippen molar-refractivity contribution in [3.8, 4) is 11.8 Å². The van der Waals surface area contributed by atoms with Gasteiger partial charge in [-0.05, 0) is 30.2 Å². The molecule has 5 nitrogen and oxygen atoms in total. The molecule has 0 atom stereocenters. The van der Waals surface area contributed by atoms with Gasteiger partial charge in [0, 0.05) is 30.7 Å². The van der Waals surface area contributed by atoms with Gasteiger partial charge in [-0.1, -0.05) is 17.9 Å². The zero-order chi connectivity index (χ0) is 14.9. The molecular formula is C16H15N3O2. The second-order valence-electron chi connectivity index (χ2n) is 4.26. The number of amides is 1. The molecule has 0 fully saturated rings. The van der Waals surface area contributed by atoms with Crippen molar-refractivity contribution in [1.82, 2.24) is 15.3 Å². The van der Waals surface area contributed by atoms with Crippen molar-refractivity contribution >= 4 is 5.91 Å². The Morgan fingerprint density at radius 1 is 1.29 bits per heavy atom. The maximum atomic E-state index is 11.9. The number of carbonyl (C=O) groups is 1. The molecule has 0 saturated carbocycles. The first-order chi connectivity index (χ1) is 10.3. The highest BCUT2D eigenvalue weighted by molar-refractivity contribution is 5.92. The van der Waals surface area contributed by atoms with Crippen LogP contribution in [0.25, 0.3) is 0 Å². The van der Waals surface area contributed by atoms with Crippen LogP contribution in [0.3, 0.4) is 0 Å². The minimum Gasteiger partial charge on any atom is -0.384 e. The van der Waals surface area contributed by atoms with Crippen LogP contribution >= 0.6 is 0 Å². The van der Waals surface area contributed by atoms with E-state index >= 15 is 0 Å². The van der Waals surface area contributed by atoms with Gasteiger partial charge in [0.25, 0.3) is 5.91 Å². The van der Waals surface area contributed by atoms with Gasteiger partial charge in [-0.2, -0.15) is 0 Å². The smallest absolute Gasteiger partial charge is 0.269 e. The highest BCUT2D eigenvalue weighted by Gasteiger charge is 2.05. The summed E-state index contributed by atoms with van der Waals surface area (Å²) in [7, 11) is 0. The summed E-state index contributed by atoms with van der Waals surface area (Å²) in [4.78, 5) is 20.0. The zero-order valence-electron chi connectivity index (χ0n) is 11.4. The highest BCUT2D eigenvalue weighted by Crippen LogP contribution is 2.00. The number of hydrogen-bond donors (Lipinski definition) is 2. The standard InChI is InChI=1S/C16H15N3O2/c20-10-2-4-13-5-6-15(19-12-13)16(21)18-9-7-14-3-1-8-17-11-14/h1,3,5-6,8,11-12,20H,7,9-10H2,(H,18,21). The second-order valence-corrected chi connectivity index (χ2v) is 4.26. The average molecular weight is 281 g/mol. The Bertz CT molecular complexity index is 643. The number of hydrogen-bond acceptors (Lipinski definition) is 4. The van der Waals surface area contributed by atoms with Crippen LogP contribution in [0.15, 0.2) is 42.9 Å². The van der Waals surface area contributed by atoms with E-state index in [0.29, 0.717) is 17.8 Å². The molecular weight excluding hydrogens is 266 g/mol. The quantitative estimate of drug-likeness (QED) is 0.813. The molecule has 0 radical (unpaired) electrons. The Labute approximate surface area is 123 Å². The van der Waals surface area contributed by atoms with E-state index in [-0.39, 0.29) is 12.5 Å². The number of pyridine rings is 2. The van der Waals surface area contributed by atoms with Gasteiger partial charge in [-0.25, -0.2) is 4.98 Å². The molecule has 0 aromatic carbocycles. The van der Waals surface area contributed by atoms with Crippen molar-refractivity contribution in [2.24, 2.45) is 0 Å². The summed E-state index contributed by atoms with van der Waals surface area (Å²) < 4.78 is 0. The fraction of sp³-hybridized carbons (Fsp3) is 0.188. The lowest BCUT2D eigenvalue weighted by atomic mass is 10.2. The fourth-order valence-corrected chi connectivity index (χ4v) is 1.70. The minimum absolute atomic E-state index is 0.198. The lowest BCUT2D eigenvalue weighted by Gasteiger charge is -2.04. The average Bonchev–Trinajstić information content (AvgIpc) is 2.54. The van der Waals surface area contributed by atoms with Crippen molar-refractivity contribution in [3.63, 3.8) is 0 Å². The van der Waals surface area contributed by atoms with Crippen LogP contribution in [-0.4, -0.2) is 34.1 Å². The topological polar surface area (TPSA) is 75.1 Å². The summed E-state index contributed by atoms with van der Waals surface area (Å²) in [5, 5.41) is 11.4. The highest BCUT2D eigenvalue weighted by atomic mass is 16.2. The Hall–Kier alpha value is -2.71. The lowest BCUT2D eigenvalue weighted by molar-refractivity contribution is 0.0949. The third kappa shape index (κ3) is 4.71. The molecule has 0 aliphatic heterocycles. The Morgan fingerprint density at radius 3 is 2.86 bits per heavy atom. The SMILES string of the molecule is O=C(NCCc1cccnc1)c1ccc(C#CCO)cn1. The van der Waals surface area contributed by atoms with Gasteiger partial charge in [0.15, 0.2) is 0 Å². The van der Waals surface area contributed by atoms with Crippen LogP contribution in [-0.2, 0) is 6.42 Å². The summed E-state index contributed by atoms with van der Waals surface area (Å²) in [6.45, 7) is 0.328. The number of rotatable bonds is 4. The normalized spacial score (nSPS) is 9.57. The summed E-state index contributed by atoms with van der Waals surface area (Å²) in [5.74, 6) is 5.03. The van der Waals surface area contributed by atoms with Crippen molar-refractivity contribution in [3.05, 3.63) is 59.7 Å². The predicted molar refractivity (Wildman–Crippen MR) is 78.5 cm³/mol. The van der Waals surface area contributed by atoms with Crippen LogP contribution in [0.2, 0.25) is 0 Å². The van der Waals surface area contributed by atoms with Gasteiger partial charge in [-0.3, -0.25) is 9.78 Å². The van der Waals surface area contributed by atoms with Gasteiger partial charge in [0.05, 0.1) is 0 Å². The summed E-state index contributed by atoms with van der Waals surface area (Å²) in [6.07, 6.45) is 5.73.